The highest BCUT2D eigenvalue weighted by Gasteiger charge is 2.30. The second-order valence-electron chi connectivity index (χ2n) is 3.85. The highest BCUT2D eigenvalue weighted by atomic mass is 16.4. The molecule has 9 heteroatoms. The van der Waals surface area contributed by atoms with E-state index in [0.717, 1.165) is 0 Å². The zero-order chi connectivity index (χ0) is 14.3. The molecule has 1 unspecified atom stereocenters. The molecule has 0 spiro atoms. The van der Waals surface area contributed by atoms with Gasteiger partial charge in [-0.25, -0.2) is 0 Å². The molecule has 0 saturated heterocycles. The lowest BCUT2D eigenvalue weighted by atomic mass is 9.97. The van der Waals surface area contributed by atoms with E-state index in [-0.39, 0.29) is 5.96 Å². The number of ketones is 1. The molecule has 18 heavy (non-hydrogen) atoms. The highest BCUT2D eigenvalue weighted by molar-refractivity contribution is 5.93. The van der Waals surface area contributed by atoms with E-state index in [0.29, 0.717) is 19.4 Å². The summed E-state index contributed by atoms with van der Waals surface area (Å²) in [6, 6.07) is -3.65. The molecule has 0 aliphatic rings. The standard InChI is InChI=1S/C9H20N6O3/c10-4(2-1-3-15-9(13)14)7(16)5(11)6(12)8(17)18/h4-6H,1-3,10-12H2,(H,17,18)(H4,13,14,15)/t4-,5?,6-/m0/s1. The minimum atomic E-state index is -1.46. The van der Waals surface area contributed by atoms with Gasteiger partial charge in [0.15, 0.2) is 11.7 Å². The number of Topliss-reactive ketones (excluding diaryl/α,β-unsaturated/α-hetero) is 1. The quantitative estimate of drug-likeness (QED) is 0.148. The van der Waals surface area contributed by atoms with Crippen molar-refractivity contribution in [2.45, 2.75) is 31.0 Å². The van der Waals surface area contributed by atoms with Crippen molar-refractivity contribution in [2.24, 2.45) is 33.7 Å². The van der Waals surface area contributed by atoms with Gasteiger partial charge < -0.3 is 33.8 Å². The van der Waals surface area contributed by atoms with E-state index in [4.69, 9.17) is 33.8 Å². The average molecular weight is 260 g/mol. The second kappa shape index (κ2) is 7.58. The second-order valence-corrected chi connectivity index (χ2v) is 3.85. The molecule has 0 bridgehead atoms. The molecule has 0 aliphatic carbocycles. The van der Waals surface area contributed by atoms with Gasteiger partial charge in [0.1, 0.15) is 6.04 Å². The third-order valence-electron chi connectivity index (χ3n) is 2.33. The van der Waals surface area contributed by atoms with Crippen LogP contribution in [0.2, 0.25) is 0 Å². The zero-order valence-electron chi connectivity index (χ0n) is 9.95. The molecule has 0 amide bonds. The SMILES string of the molecule is NC(N)=NCCC[C@H](N)C(=O)C(N)[C@H](N)C(=O)O. The van der Waals surface area contributed by atoms with Gasteiger partial charge in [0.25, 0.3) is 0 Å². The summed E-state index contributed by atoms with van der Waals surface area (Å²) in [7, 11) is 0. The largest absolute Gasteiger partial charge is 0.480 e. The van der Waals surface area contributed by atoms with Crippen molar-refractivity contribution < 1.29 is 14.7 Å². The molecule has 0 aromatic rings. The first-order valence-corrected chi connectivity index (χ1v) is 5.36. The summed E-state index contributed by atoms with van der Waals surface area (Å²) in [5.41, 5.74) is 26.5. The summed E-state index contributed by atoms with van der Waals surface area (Å²) in [4.78, 5) is 25.9. The molecule has 0 heterocycles. The van der Waals surface area contributed by atoms with Crippen molar-refractivity contribution in [1.82, 2.24) is 0 Å². The van der Waals surface area contributed by atoms with E-state index in [1.807, 2.05) is 0 Å². The summed E-state index contributed by atoms with van der Waals surface area (Å²) in [5.74, 6) is -1.97. The van der Waals surface area contributed by atoms with Crippen molar-refractivity contribution in [1.29, 1.82) is 0 Å². The number of aliphatic imine (C=N–C) groups is 1. The predicted molar refractivity (Wildman–Crippen MR) is 66.5 cm³/mol. The molecule has 0 rings (SSSR count). The number of carboxylic acids is 1. The summed E-state index contributed by atoms with van der Waals surface area (Å²) in [6.07, 6.45) is 0.787. The summed E-state index contributed by atoms with van der Waals surface area (Å²) in [5, 5.41) is 8.61. The number of carbonyl (C=O) groups is 2. The van der Waals surface area contributed by atoms with Gasteiger partial charge >= 0.3 is 5.97 Å². The smallest absolute Gasteiger partial charge is 0.322 e. The Balaban J connectivity index is 4.18. The predicted octanol–water partition coefficient (Wildman–Crippen LogP) is -3.32. The molecule has 0 radical (unpaired) electrons. The monoisotopic (exact) mass is 260 g/mol. The topological polar surface area (TPSA) is 197 Å². The summed E-state index contributed by atoms with van der Waals surface area (Å²) >= 11 is 0. The van der Waals surface area contributed by atoms with Gasteiger partial charge in [0.05, 0.1) is 12.1 Å². The Morgan fingerprint density at radius 3 is 2.11 bits per heavy atom. The van der Waals surface area contributed by atoms with E-state index < -0.39 is 29.9 Å². The Morgan fingerprint density at radius 1 is 1.11 bits per heavy atom. The Kier molecular flexibility index (Phi) is 6.86. The maximum atomic E-state index is 11.6. The van der Waals surface area contributed by atoms with E-state index >= 15 is 0 Å². The highest BCUT2D eigenvalue weighted by Crippen LogP contribution is 2.01. The fourth-order valence-electron chi connectivity index (χ4n) is 1.24. The molecule has 0 fully saturated rings. The average Bonchev–Trinajstić information content (AvgIpc) is 2.30. The molecule has 11 N–H and O–H groups in total. The lowest BCUT2D eigenvalue weighted by Crippen LogP contribution is -2.56. The number of nitrogens with two attached hydrogens (primary N) is 5. The first kappa shape index (κ1) is 16.3. The molecule has 104 valence electrons. The number of aliphatic carboxylic acids is 1. The summed E-state index contributed by atoms with van der Waals surface area (Å²) in [6.45, 7) is 0.337. The van der Waals surface area contributed by atoms with Crippen LogP contribution in [0.4, 0.5) is 0 Å². The fraction of sp³-hybridized carbons (Fsp3) is 0.667. The van der Waals surface area contributed by atoms with Crippen LogP contribution in [0.1, 0.15) is 12.8 Å². The van der Waals surface area contributed by atoms with Crippen LogP contribution in [0.3, 0.4) is 0 Å². The minimum absolute atomic E-state index is 0.0421. The van der Waals surface area contributed by atoms with Gasteiger partial charge in [-0.15, -0.1) is 0 Å². The van der Waals surface area contributed by atoms with E-state index in [9.17, 15) is 9.59 Å². The van der Waals surface area contributed by atoms with Crippen LogP contribution in [0.15, 0.2) is 4.99 Å². The number of carboxylic acid groups (broad SMARTS) is 1. The zero-order valence-corrected chi connectivity index (χ0v) is 9.95. The molecule has 3 atom stereocenters. The maximum absolute atomic E-state index is 11.6. The molecule has 0 aliphatic heterocycles. The van der Waals surface area contributed by atoms with Gasteiger partial charge in [0, 0.05) is 6.54 Å². The van der Waals surface area contributed by atoms with Crippen molar-refractivity contribution in [3.63, 3.8) is 0 Å². The van der Waals surface area contributed by atoms with Gasteiger partial charge in [-0.3, -0.25) is 14.6 Å². The molecule has 0 aromatic carbocycles. The Morgan fingerprint density at radius 2 is 1.67 bits per heavy atom. The van der Waals surface area contributed by atoms with Crippen molar-refractivity contribution in [3.05, 3.63) is 0 Å². The van der Waals surface area contributed by atoms with Crippen LogP contribution in [-0.2, 0) is 9.59 Å². The fourth-order valence-corrected chi connectivity index (χ4v) is 1.24. The van der Waals surface area contributed by atoms with Gasteiger partial charge in [0.2, 0.25) is 0 Å². The third-order valence-corrected chi connectivity index (χ3v) is 2.33. The minimum Gasteiger partial charge on any atom is -0.480 e. The van der Waals surface area contributed by atoms with Gasteiger partial charge in [-0.1, -0.05) is 0 Å². The summed E-state index contributed by atoms with van der Waals surface area (Å²) < 4.78 is 0. The van der Waals surface area contributed by atoms with Crippen molar-refractivity contribution in [3.8, 4) is 0 Å². The first-order valence-electron chi connectivity index (χ1n) is 5.36. The lowest BCUT2D eigenvalue weighted by Gasteiger charge is -2.18. The Labute approximate surface area is 104 Å². The van der Waals surface area contributed by atoms with Crippen LogP contribution in [-0.4, -0.2) is 47.5 Å². The molecule has 0 aromatic heterocycles. The number of rotatable bonds is 8. The molecular weight excluding hydrogens is 240 g/mol. The molecule has 9 nitrogen and oxygen atoms in total. The van der Waals surface area contributed by atoms with Crippen LogP contribution >= 0.6 is 0 Å². The number of guanidine groups is 1. The van der Waals surface area contributed by atoms with Crippen LogP contribution in [0, 0.1) is 0 Å². The van der Waals surface area contributed by atoms with Gasteiger partial charge in [-0.2, -0.15) is 0 Å². The Bertz CT molecular complexity index is 328. The van der Waals surface area contributed by atoms with Crippen LogP contribution in [0.25, 0.3) is 0 Å². The normalized spacial score (nSPS) is 15.5. The van der Waals surface area contributed by atoms with Gasteiger partial charge in [-0.05, 0) is 12.8 Å². The number of carbonyl (C=O) groups excluding carboxylic acids is 1. The molecular formula is C9H20N6O3. The van der Waals surface area contributed by atoms with E-state index in [2.05, 4.69) is 4.99 Å². The number of hydrogen-bond donors (Lipinski definition) is 6. The lowest BCUT2D eigenvalue weighted by molar-refractivity contribution is -0.141. The van der Waals surface area contributed by atoms with Crippen molar-refractivity contribution in [2.75, 3.05) is 6.54 Å². The number of nitrogens with zero attached hydrogens (tertiary/aromatic N) is 1. The molecule has 0 saturated carbocycles. The number of hydrogen-bond acceptors (Lipinski definition) is 6. The van der Waals surface area contributed by atoms with E-state index in [1.54, 1.807) is 0 Å². The Hall–Kier alpha value is -1.71. The van der Waals surface area contributed by atoms with Crippen molar-refractivity contribution >= 4 is 17.7 Å². The first-order chi connectivity index (χ1) is 8.27. The van der Waals surface area contributed by atoms with Crippen LogP contribution in [0.5, 0.6) is 0 Å². The third kappa shape index (κ3) is 5.57. The van der Waals surface area contributed by atoms with E-state index in [1.165, 1.54) is 0 Å². The van der Waals surface area contributed by atoms with Crippen LogP contribution < -0.4 is 28.7 Å². The maximum Gasteiger partial charge on any atom is 0.322 e.